The Bertz CT molecular complexity index is 422. The summed E-state index contributed by atoms with van der Waals surface area (Å²) in [5, 5.41) is 0. The van der Waals surface area contributed by atoms with Crippen LogP contribution >= 0.6 is 0 Å². The Morgan fingerprint density at radius 3 is 3.00 bits per heavy atom. The zero-order valence-corrected chi connectivity index (χ0v) is 10.6. The maximum atomic E-state index is 12.6. The van der Waals surface area contributed by atoms with Gasteiger partial charge in [0.1, 0.15) is 0 Å². The molecular weight excluding hydrogens is 233 g/mol. The highest BCUT2D eigenvalue weighted by Crippen LogP contribution is 2.32. The number of ether oxygens (including phenoxy) is 1. The summed E-state index contributed by atoms with van der Waals surface area (Å²) >= 11 is 0. The van der Waals surface area contributed by atoms with Gasteiger partial charge in [0, 0.05) is 6.04 Å². The van der Waals surface area contributed by atoms with Crippen molar-refractivity contribution >= 4 is 11.8 Å². The van der Waals surface area contributed by atoms with Crippen molar-refractivity contribution < 1.29 is 13.9 Å². The zero-order valence-electron chi connectivity index (χ0n) is 10.6. The van der Waals surface area contributed by atoms with Crippen molar-refractivity contribution in [3.8, 4) is 0 Å². The zero-order chi connectivity index (χ0) is 13.0. The largest absolute Gasteiger partial charge is 0.449 e. The first kappa shape index (κ1) is 12.9. The predicted octanol–water partition coefficient (Wildman–Crippen LogP) is 3.32. The fourth-order valence-corrected chi connectivity index (χ4v) is 2.44. The molecule has 0 saturated carbocycles. The molecule has 1 aromatic carbocycles. The predicted molar refractivity (Wildman–Crippen MR) is 68.6 cm³/mol. The van der Waals surface area contributed by atoms with Crippen molar-refractivity contribution in [1.82, 2.24) is 0 Å². The molecular formula is C14H18FNO2. The number of aryl methyl sites for hydroxylation is 1. The van der Waals surface area contributed by atoms with Crippen molar-refractivity contribution in [3.63, 3.8) is 0 Å². The second kappa shape index (κ2) is 5.85. The molecule has 0 N–H and O–H groups in total. The summed E-state index contributed by atoms with van der Waals surface area (Å²) in [5.41, 5.74) is 1.99. The minimum Gasteiger partial charge on any atom is -0.449 e. The molecule has 1 aliphatic rings. The summed E-state index contributed by atoms with van der Waals surface area (Å²) in [5.74, 6) is 0. The van der Waals surface area contributed by atoms with Crippen LogP contribution in [0.4, 0.5) is 14.9 Å². The van der Waals surface area contributed by atoms with Gasteiger partial charge in [-0.2, -0.15) is 0 Å². The number of anilines is 1. The topological polar surface area (TPSA) is 29.5 Å². The Labute approximate surface area is 107 Å². The summed E-state index contributed by atoms with van der Waals surface area (Å²) < 4.78 is 17.7. The van der Waals surface area contributed by atoms with Gasteiger partial charge in [0.2, 0.25) is 0 Å². The summed E-state index contributed by atoms with van der Waals surface area (Å²) in [7, 11) is 0. The van der Waals surface area contributed by atoms with Crippen molar-refractivity contribution in [1.29, 1.82) is 0 Å². The fraction of sp³-hybridized carbons (Fsp3) is 0.500. The molecule has 98 valence electrons. The molecule has 0 aromatic heterocycles. The maximum Gasteiger partial charge on any atom is 0.414 e. The molecule has 4 heteroatoms. The number of benzene rings is 1. The third-order valence-corrected chi connectivity index (χ3v) is 3.27. The molecule has 0 radical (unpaired) electrons. The lowest BCUT2D eigenvalue weighted by Gasteiger charge is -2.36. The van der Waals surface area contributed by atoms with E-state index in [1.54, 1.807) is 11.8 Å². The van der Waals surface area contributed by atoms with Gasteiger partial charge in [0.25, 0.3) is 0 Å². The number of carbonyl (C=O) groups is 1. The average molecular weight is 251 g/mol. The number of amides is 1. The molecule has 1 atom stereocenters. The van der Waals surface area contributed by atoms with Gasteiger partial charge in [0.05, 0.1) is 19.0 Å². The van der Waals surface area contributed by atoms with Gasteiger partial charge in [0.15, 0.2) is 0 Å². The molecule has 1 heterocycles. The van der Waals surface area contributed by atoms with Gasteiger partial charge in [-0.3, -0.25) is 9.29 Å². The molecule has 0 spiro atoms. The van der Waals surface area contributed by atoms with E-state index in [0.29, 0.717) is 13.0 Å². The number of nitrogens with zero attached hydrogens (tertiary/aromatic N) is 1. The van der Waals surface area contributed by atoms with Gasteiger partial charge >= 0.3 is 6.09 Å². The highest BCUT2D eigenvalue weighted by molar-refractivity contribution is 5.90. The van der Waals surface area contributed by atoms with Crippen LogP contribution in [-0.4, -0.2) is 25.4 Å². The van der Waals surface area contributed by atoms with Crippen molar-refractivity contribution in [2.45, 2.75) is 32.2 Å². The molecule has 2 rings (SSSR count). The van der Waals surface area contributed by atoms with Crippen LogP contribution in [0.2, 0.25) is 0 Å². The Morgan fingerprint density at radius 2 is 2.28 bits per heavy atom. The van der Waals surface area contributed by atoms with E-state index in [-0.39, 0.29) is 12.1 Å². The maximum absolute atomic E-state index is 12.6. The molecule has 0 fully saturated rings. The van der Waals surface area contributed by atoms with E-state index >= 15 is 0 Å². The van der Waals surface area contributed by atoms with E-state index in [1.807, 2.05) is 24.3 Å². The molecule has 18 heavy (non-hydrogen) atoms. The highest BCUT2D eigenvalue weighted by Gasteiger charge is 2.31. The smallest absolute Gasteiger partial charge is 0.414 e. The minimum absolute atomic E-state index is 0.0936. The summed E-state index contributed by atoms with van der Waals surface area (Å²) in [6.45, 7) is 1.69. The number of halogens is 1. The number of fused-ring (bicyclic) bond motifs is 1. The first-order chi connectivity index (χ1) is 8.77. The monoisotopic (exact) mass is 251 g/mol. The van der Waals surface area contributed by atoms with Crippen LogP contribution in [0.3, 0.4) is 0 Å². The number of carbonyl (C=O) groups excluding carboxylic acids is 1. The molecule has 0 saturated heterocycles. The standard InChI is InChI=1S/C14H18FNO2/c1-2-18-14(17)16-12(9-10-15)8-7-11-5-3-4-6-13(11)16/h3-6,12H,2,7-10H2,1H3. The van der Waals surface area contributed by atoms with Crippen molar-refractivity contribution in [3.05, 3.63) is 29.8 Å². The van der Waals surface area contributed by atoms with Gasteiger partial charge in [-0.15, -0.1) is 0 Å². The third-order valence-electron chi connectivity index (χ3n) is 3.27. The van der Waals surface area contributed by atoms with E-state index in [0.717, 1.165) is 24.1 Å². The lowest BCUT2D eigenvalue weighted by molar-refractivity contribution is 0.155. The number of alkyl halides is 1. The molecule has 1 unspecified atom stereocenters. The van der Waals surface area contributed by atoms with Gasteiger partial charge in [-0.1, -0.05) is 18.2 Å². The van der Waals surface area contributed by atoms with Crippen LogP contribution in [0.15, 0.2) is 24.3 Å². The Kier molecular flexibility index (Phi) is 4.18. The Balaban J connectivity index is 2.31. The average Bonchev–Trinajstić information content (AvgIpc) is 2.39. The van der Waals surface area contributed by atoms with Crippen molar-refractivity contribution in [2.75, 3.05) is 18.2 Å². The number of hydrogen-bond acceptors (Lipinski definition) is 2. The van der Waals surface area contributed by atoms with Crippen LogP contribution in [0.5, 0.6) is 0 Å². The number of hydrogen-bond donors (Lipinski definition) is 0. The molecule has 0 bridgehead atoms. The van der Waals surface area contributed by atoms with E-state index in [1.165, 1.54) is 0 Å². The highest BCUT2D eigenvalue weighted by atomic mass is 19.1. The van der Waals surface area contributed by atoms with Crippen LogP contribution < -0.4 is 4.90 Å². The quantitative estimate of drug-likeness (QED) is 0.824. The molecule has 1 amide bonds. The molecule has 0 aliphatic carbocycles. The number of para-hydroxylation sites is 1. The normalized spacial score (nSPS) is 18.3. The van der Waals surface area contributed by atoms with Crippen LogP contribution in [0.25, 0.3) is 0 Å². The van der Waals surface area contributed by atoms with Gasteiger partial charge < -0.3 is 4.74 Å². The SMILES string of the molecule is CCOC(=O)N1c2ccccc2CCC1CCF. The Morgan fingerprint density at radius 1 is 1.50 bits per heavy atom. The van der Waals surface area contributed by atoms with Crippen LogP contribution in [-0.2, 0) is 11.2 Å². The van der Waals surface area contributed by atoms with E-state index < -0.39 is 6.67 Å². The summed E-state index contributed by atoms with van der Waals surface area (Å²) in [6.07, 6.45) is 1.67. The molecule has 1 aromatic rings. The minimum atomic E-state index is -0.414. The first-order valence-corrected chi connectivity index (χ1v) is 6.37. The second-order valence-electron chi connectivity index (χ2n) is 4.37. The lowest BCUT2D eigenvalue weighted by atomic mass is 9.94. The van der Waals surface area contributed by atoms with Gasteiger partial charge in [-0.05, 0) is 37.8 Å². The van der Waals surface area contributed by atoms with E-state index in [4.69, 9.17) is 4.74 Å². The number of rotatable bonds is 3. The second-order valence-corrected chi connectivity index (χ2v) is 4.37. The van der Waals surface area contributed by atoms with Crippen LogP contribution in [0.1, 0.15) is 25.3 Å². The van der Waals surface area contributed by atoms with Crippen LogP contribution in [0, 0.1) is 0 Å². The van der Waals surface area contributed by atoms with Crippen molar-refractivity contribution in [2.24, 2.45) is 0 Å². The molecule has 3 nitrogen and oxygen atoms in total. The third kappa shape index (κ3) is 2.47. The summed E-state index contributed by atoms with van der Waals surface area (Å²) in [4.78, 5) is 13.6. The first-order valence-electron chi connectivity index (χ1n) is 6.37. The molecule has 1 aliphatic heterocycles. The Hall–Kier alpha value is -1.58. The fourth-order valence-electron chi connectivity index (χ4n) is 2.44. The van der Waals surface area contributed by atoms with Gasteiger partial charge in [-0.25, -0.2) is 4.79 Å². The summed E-state index contributed by atoms with van der Waals surface area (Å²) in [6, 6.07) is 7.66. The van der Waals surface area contributed by atoms with E-state index in [9.17, 15) is 9.18 Å². The lowest BCUT2D eigenvalue weighted by Crippen LogP contribution is -2.44. The van der Waals surface area contributed by atoms with E-state index in [2.05, 4.69) is 0 Å².